The van der Waals surface area contributed by atoms with Crippen molar-refractivity contribution >= 4 is 23.3 Å². The second kappa shape index (κ2) is 4.57. The van der Waals surface area contributed by atoms with Crippen molar-refractivity contribution in [3.05, 3.63) is 29.3 Å². The van der Waals surface area contributed by atoms with Gasteiger partial charge in [0.15, 0.2) is 0 Å². The van der Waals surface area contributed by atoms with Crippen LogP contribution in [-0.2, 0) is 4.79 Å². The van der Waals surface area contributed by atoms with E-state index in [9.17, 15) is 9.90 Å². The van der Waals surface area contributed by atoms with Crippen LogP contribution in [0.5, 0.6) is 0 Å². The molecule has 0 aliphatic heterocycles. The van der Waals surface area contributed by atoms with Gasteiger partial charge in [0.25, 0.3) is 0 Å². The Balaban J connectivity index is 2.26. The predicted octanol–water partition coefficient (Wildman–Crippen LogP) is 3.40. The van der Waals surface area contributed by atoms with E-state index in [2.05, 4.69) is 5.32 Å². The Hall–Kier alpha value is -1.22. The highest BCUT2D eigenvalue weighted by Crippen LogP contribution is 2.43. The van der Waals surface area contributed by atoms with Crippen LogP contribution in [-0.4, -0.2) is 16.6 Å². The van der Waals surface area contributed by atoms with Crippen LogP contribution in [0.1, 0.15) is 26.2 Å². The smallest absolute Gasteiger partial charge is 0.329 e. The van der Waals surface area contributed by atoms with E-state index in [-0.39, 0.29) is 5.92 Å². The van der Waals surface area contributed by atoms with Crippen LogP contribution in [0.2, 0.25) is 5.02 Å². The Morgan fingerprint density at radius 3 is 2.76 bits per heavy atom. The summed E-state index contributed by atoms with van der Waals surface area (Å²) in [5, 5.41) is 13.2. The molecule has 0 aromatic heterocycles. The number of carboxylic acid groups (broad SMARTS) is 1. The summed E-state index contributed by atoms with van der Waals surface area (Å²) in [5.41, 5.74) is -0.0707. The number of hydrogen-bond acceptors (Lipinski definition) is 2. The number of rotatable bonds is 5. The predicted molar refractivity (Wildman–Crippen MR) is 68.5 cm³/mol. The lowest BCUT2D eigenvalue weighted by Gasteiger charge is -2.30. The van der Waals surface area contributed by atoms with Gasteiger partial charge in [-0.05, 0) is 43.4 Å². The van der Waals surface area contributed by atoms with Crippen molar-refractivity contribution in [3.63, 3.8) is 0 Å². The van der Waals surface area contributed by atoms with Gasteiger partial charge in [0.2, 0.25) is 0 Å². The highest BCUT2D eigenvalue weighted by Gasteiger charge is 2.50. The van der Waals surface area contributed by atoms with E-state index < -0.39 is 11.5 Å². The molecular weight excluding hydrogens is 238 g/mol. The van der Waals surface area contributed by atoms with E-state index in [1.165, 1.54) is 0 Å². The molecule has 0 heterocycles. The van der Waals surface area contributed by atoms with Gasteiger partial charge in [0, 0.05) is 10.7 Å². The zero-order valence-corrected chi connectivity index (χ0v) is 10.5. The van der Waals surface area contributed by atoms with Gasteiger partial charge in [-0.1, -0.05) is 24.6 Å². The summed E-state index contributed by atoms with van der Waals surface area (Å²) in [6, 6.07) is 7.21. The molecule has 1 aliphatic rings. The van der Waals surface area contributed by atoms with Crippen molar-refractivity contribution in [1.29, 1.82) is 0 Å². The third-order valence-electron chi connectivity index (χ3n) is 3.41. The maximum Gasteiger partial charge on any atom is 0.329 e. The average molecular weight is 254 g/mol. The van der Waals surface area contributed by atoms with Crippen LogP contribution in [0, 0.1) is 5.92 Å². The number of carbonyl (C=O) groups is 1. The second-order valence-corrected chi connectivity index (χ2v) is 4.98. The molecule has 0 saturated heterocycles. The Morgan fingerprint density at radius 2 is 2.29 bits per heavy atom. The molecule has 1 aromatic rings. The van der Waals surface area contributed by atoms with E-state index in [4.69, 9.17) is 11.6 Å². The summed E-state index contributed by atoms with van der Waals surface area (Å²) in [4.78, 5) is 11.5. The molecule has 1 unspecified atom stereocenters. The Morgan fingerprint density at radius 1 is 1.59 bits per heavy atom. The number of hydrogen-bond donors (Lipinski definition) is 2. The number of halogens is 1. The lowest BCUT2D eigenvalue weighted by atomic mass is 9.89. The van der Waals surface area contributed by atoms with Crippen LogP contribution in [0.4, 0.5) is 5.69 Å². The molecule has 4 heteroatoms. The summed E-state index contributed by atoms with van der Waals surface area (Å²) in [5.74, 6) is -0.550. The Labute approximate surface area is 106 Å². The van der Waals surface area contributed by atoms with Crippen molar-refractivity contribution < 1.29 is 9.90 Å². The lowest BCUT2D eigenvalue weighted by molar-refractivity contribution is -0.143. The highest BCUT2D eigenvalue weighted by atomic mass is 35.5. The van der Waals surface area contributed by atoms with Crippen LogP contribution < -0.4 is 5.32 Å². The minimum atomic E-state index is -0.843. The van der Waals surface area contributed by atoms with Crippen molar-refractivity contribution in [2.45, 2.75) is 31.7 Å². The first kappa shape index (κ1) is 12.2. The molecule has 0 amide bonds. The van der Waals surface area contributed by atoms with Gasteiger partial charge in [-0.15, -0.1) is 0 Å². The normalized spacial score (nSPS) is 18.5. The molecule has 1 aromatic carbocycles. The standard InChI is InChI=1S/C13H16ClNO2/c1-2-13(12(16)17,9-6-7-9)15-11-5-3-4-10(14)8-11/h3-5,8-9,15H,2,6-7H2,1H3,(H,16,17). The summed E-state index contributed by atoms with van der Waals surface area (Å²) < 4.78 is 0. The van der Waals surface area contributed by atoms with E-state index in [1.54, 1.807) is 12.1 Å². The third kappa shape index (κ3) is 2.39. The number of carboxylic acids is 1. The lowest BCUT2D eigenvalue weighted by Crippen LogP contribution is -2.48. The Kier molecular flexibility index (Phi) is 3.29. The molecule has 1 saturated carbocycles. The summed E-state index contributed by atoms with van der Waals surface area (Å²) in [6.45, 7) is 1.91. The minimum absolute atomic E-state index is 0.226. The van der Waals surface area contributed by atoms with Crippen molar-refractivity contribution in [1.82, 2.24) is 0 Å². The van der Waals surface area contributed by atoms with Crippen molar-refractivity contribution in [3.8, 4) is 0 Å². The molecule has 0 spiro atoms. The monoisotopic (exact) mass is 253 g/mol. The first-order valence-electron chi connectivity index (χ1n) is 5.85. The highest BCUT2D eigenvalue weighted by molar-refractivity contribution is 6.30. The maximum absolute atomic E-state index is 11.5. The SMILES string of the molecule is CCC(Nc1cccc(Cl)c1)(C(=O)O)C1CC1. The molecule has 0 bridgehead atoms. The molecule has 1 fully saturated rings. The first-order valence-corrected chi connectivity index (χ1v) is 6.23. The van der Waals surface area contributed by atoms with E-state index in [1.807, 2.05) is 19.1 Å². The quantitative estimate of drug-likeness (QED) is 0.846. The fourth-order valence-electron chi connectivity index (χ4n) is 2.26. The van der Waals surface area contributed by atoms with Gasteiger partial charge in [0.05, 0.1) is 0 Å². The number of benzene rings is 1. The third-order valence-corrected chi connectivity index (χ3v) is 3.64. The topological polar surface area (TPSA) is 49.3 Å². The first-order chi connectivity index (χ1) is 8.08. The van der Waals surface area contributed by atoms with Gasteiger partial charge in [-0.25, -0.2) is 4.79 Å². The van der Waals surface area contributed by atoms with Crippen molar-refractivity contribution in [2.24, 2.45) is 5.92 Å². The molecule has 2 N–H and O–H groups in total. The average Bonchev–Trinajstić information content (AvgIpc) is 3.09. The van der Waals surface area contributed by atoms with E-state index in [0.29, 0.717) is 11.4 Å². The van der Waals surface area contributed by atoms with Gasteiger partial charge in [-0.2, -0.15) is 0 Å². The molecule has 92 valence electrons. The zero-order valence-electron chi connectivity index (χ0n) is 9.74. The summed E-state index contributed by atoms with van der Waals surface area (Å²) in [7, 11) is 0. The molecule has 1 atom stereocenters. The van der Waals surface area contributed by atoms with Gasteiger partial charge < -0.3 is 10.4 Å². The van der Waals surface area contributed by atoms with Crippen molar-refractivity contribution in [2.75, 3.05) is 5.32 Å². The van der Waals surface area contributed by atoms with E-state index >= 15 is 0 Å². The van der Waals surface area contributed by atoms with E-state index in [0.717, 1.165) is 18.5 Å². The number of nitrogens with one attached hydrogen (secondary N) is 1. The molecular formula is C13H16ClNO2. The number of anilines is 1. The van der Waals surface area contributed by atoms with Crippen LogP contribution >= 0.6 is 11.6 Å². The number of aliphatic carboxylic acids is 1. The molecule has 3 nitrogen and oxygen atoms in total. The Bertz CT molecular complexity index is 431. The fraction of sp³-hybridized carbons (Fsp3) is 0.462. The van der Waals surface area contributed by atoms with Gasteiger partial charge in [-0.3, -0.25) is 0 Å². The van der Waals surface area contributed by atoms with Crippen LogP contribution in [0.15, 0.2) is 24.3 Å². The van der Waals surface area contributed by atoms with Crippen LogP contribution in [0.25, 0.3) is 0 Å². The zero-order chi connectivity index (χ0) is 12.5. The van der Waals surface area contributed by atoms with Crippen LogP contribution in [0.3, 0.4) is 0 Å². The largest absolute Gasteiger partial charge is 0.479 e. The molecule has 17 heavy (non-hydrogen) atoms. The summed E-state index contributed by atoms with van der Waals surface area (Å²) >= 11 is 5.90. The fourth-order valence-corrected chi connectivity index (χ4v) is 2.45. The maximum atomic E-state index is 11.5. The minimum Gasteiger partial charge on any atom is -0.479 e. The summed E-state index contributed by atoms with van der Waals surface area (Å²) in [6.07, 6.45) is 2.53. The molecule has 2 rings (SSSR count). The van der Waals surface area contributed by atoms with Gasteiger partial charge in [0.1, 0.15) is 5.54 Å². The second-order valence-electron chi connectivity index (χ2n) is 4.54. The van der Waals surface area contributed by atoms with Gasteiger partial charge >= 0.3 is 5.97 Å². The molecule has 1 aliphatic carbocycles. The molecule has 0 radical (unpaired) electrons.